The summed E-state index contributed by atoms with van der Waals surface area (Å²) in [6.45, 7) is 10.6. The molecule has 0 bridgehead atoms. The maximum atomic E-state index is 4.28. The van der Waals surface area contributed by atoms with Gasteiger partial charge in [0.05, 0.1) is 71.4 Å². The van der Waals surface area contributed by atoms with Crippen LogP contribution in [0.15, 0.2) is 217 Å². The van der Waals surface area contributed by atoms with E-state index in [1.165, 1.54) is 119 Å². The van der Waals surface area contributed by atoms with Crippen molar-refractivity contribution in [3.8, 4) is 0 Å². The van der Waals surface area contributed by atoms with Gasteiger partial charge in [-0.3, -0.25) is 33.9 Å². The highest BCUT2D eigenvalue weighted by Crippen LogP contribution is 2.23. The number of thiazole rings is 1. The highest BCUT2D eigenvalue weighted by molar-refractivity contribution is 7.09. The number of pyridine rings is 3. The zero-order valence-corrected chi connectivity index (χ0v) is 55.5. The summed E-state index contributed by atoms with van der Waals surface area (Å²) in [6.07, 6.45) is 51.4. The van der Waals surface area contributed by atoms with Crippen LogP contribution < -0.4 is 21.3 Å². The van der Waals surface area contributed by atoms with Gasteiger partial charge in [-0.1, -0.05) is 12.1 Å². The molecule has 0 unspecified atom stereocenters. The van der Waals surface area contributed by atoms with Crippen LogP contribution in [0.25, 0.3) is 33.6 Å². The van der Waals surface area contributed by atoms with E-state index in [1.54, 1.807) is 73.2 Å². The second-order valence-electron chi connectivity index (χ2n) is 23.2. The van der Waals surface area contributed by atoms with Gasteiger partial charge in [0.25, 0.3) is 0 Å². The van der Waals surface area contributed by atoms with Crippen LogP contribution in [-0.4, -0.2) is 161 Å². The van der Waals surface area contributed by atoms with Crippen LogP contribution in [0.2, 0.25) is 0 Å². The minimum atomic E-state index is 0.887. The Hall–Kier alpha value is -10.9. The minimum Gasteiger partial charge on any atom is -0.351 e. The van der Waals surface area contributed by atoms with E-state index in [4.69, 9.17) is 0 Å². The van der Waals surface area contributed by atoms with Gasteiger partial charge in [-0.15, -0.1) is 21.5 Å². The zero-order valence-electron chi connectivity index (χ0n) is 54.7. The number of fused-ring (bicyclic) bond motifs is 9. The number of aromatic amines is 3. The summed E-state index contributed by atoms with van der Waals surface area (Å²) in [5, 5.41) is 31.5. The van der Waals surface area contributed by atoms with Gasteiger partial charge in [-0.25, -0.2) is 39.4 Å². The van der Waals surface area contributed by atoms with Gasteiger partial charge in [0.2, 0.25) is 0 Å². The lowest BCUT2D eigenvalue weighted by atomic mass is 10.0. The number of hydrogen-bond donors (Lipinski definition) is 7. The van der Waals surface area contributed by atoms with Gasteiger partial charge >= 0.3 is 0 Å². The van der Waals surface area contributed by atoms with Gasteiger partial charge in [-0.05, 0) is 117 Å². The van der Waals surface area contributed by atoms with Gasteiger partial charge in [0.15, 0.2) is 16.9 Å². The number of nitrogens with zero attached hydrogens (tertiary/aromatic N) is 20. The molecule has 98 heavy (non-hydrogen) atoms. The molecule has 0 aromatic carbocycles. The van der Waals surface area contributed by atoms with Crippen molar-refractivity contribution in [2.45, 2.75) is 90.3 Å². The van der Waals surface area contributed by atoms with E-state index >= 15 is 0 Å². The lowest BCUT2D eigenvalue weighted by molar-refractivity contribution is 0.627. The first-order chi connectivity index (χ1) is 48.6. The molecule has 27 nitrogen and oxygen atoms in total. The van der Waals surface area contributed by atoms with E-state index in [1.807, 2.05) is 128 Å². The fraction of sp³-hybridized carbons (Fsp3) is 0.300. The molecule has 1 aliphatic carbocycles. The maximum absolute atomic E-state index is 4.28. The molecule has 0 saturated carbocycles. The van der Waals surface area contributed by atoms with Gasteiger partial charge in [-0.2, -0.15) is 10.2 Å². The summed E-state index contributed by atoms with van der Waals surface area (Å²) >= 11 is 1.81. The summed E-state index contributed by atoms with van der Waals surface area (Å²) in [5.41, 5.74) is 21.3. The highest BCUT2D eigenvalue weighted by atomic mass is 32.1. The maximum Gasteiger partial charge on any atom is 0.160 e. The molecule has 0 atom stereocenters. The molecule has 21 heterocycles. The second kappa shape index (κ2) is 36.3. The molecule has 0 fully saturated rings. The Labute approximate surface area is 570 Å². The molecule has 14 aromatic heterocycles. The van der Waals surface area contributed by atoms with E-state index in [0.717, 1.165) is 118 Å². The molecule has 8 aliphatic rings. The normalized spacial score (nSPS) is 15.4. The quantitative estimate of drug-likeness (QED) is 0.0748. The SMILES string of the molecule is C1=NC2=C(C1)CNCC2.C1=NCC2=C1CCNC2.c1cc2n(c1)CCC2.c1cc2nc[nH]c2cn1.c1cc2nccn2cn1.c1ccn2cnnc2c1.c1ccn2ncnc2c1.c1cn2ccnc2cn1.c1n[nH]c2c1CNCC2.c1nc2c([nH]1)CNCC2.c1nc2c(s1)CCCC2. The molecule has 0 radical (unpaired) electrons. The van der Waals surface area contributed by atoms with Crippen LogP contribution in [0.4, 0.5) is 0 Å². The summed E-state index contributed by atoms with van der Waals surface area (Å²) in [5.74, 6) is 0. The third-order valence-electron chi connectivity index (χ3n) is 16.6. The van der Waals surface area contributed by atoms with E-state index < -0.39 is 0 Å². The first kappa shape index (κ1) is 67.1. The molecule has 14 aromatic rings. The monoisotopic (exact) mass is 1330 g/mol. The summed E-state index contributed by atoms with van der Waals surface area (Å²) in [6, 6.07) is 19.6. The predicted molar refractivity (Wildman–Crippen MR) is 381 cm³/mol. The van der Waals surface area contributed by atoms with Crippen molar-refractivity contribution < 1.29 is 0 Å². The molecule has 28 heteroatoms. The van der Waals surface area contributed by atoms with Crippen molar-refractivity contribution >= 4 is 57.4 Å². The van der Waals surface area contributed by atoms with Crippen LogP contribution >= 0.6 is 11.3 Å². The highest BCUT2D eigenvalue weighted by Gasteiger charge is 2.15. The lowest BCUT2D eigenvalue weighted by Crippen LogP contribution is -2.24. The van der Waals surface area contributed by atoms with Crippen LogP contribution in [0.3, 0.4) is 0 Å². The number of hydrogen-bond acceptors (Lipinski definition) is 20. The Morgan fingerprint density at radius 1 is 0.520 bits per heavy atom. The van der Waals surface area contributed by atoms with Crippen molar-refractivity contribution in [1.29, 1.82) is 0 Å². The fourth-order valence-corrected chi connectivity index (χ4v) is 12.3. The third-order valence-corrected chi connectivity index (χ3v) is 17.6. The number of H-pyrrole nitrogens is 3. The number of aryl methyl sites for hydroxylation is 4. The van der Waals surface area contributed by atoms with E-state index in [2.05, 4.69) is 134 Å². The summed E-state index contributed by atoms with van der Waals surface area (Å²) in [4.78, 5) is 52.2. The second-order valence-corrected chi connectivity index (χ2v) is 24.1. The largest absolute Gasteiger partial charge is 0.351 e. The Bertz CT molecular complexity index is 4010. The molecular formula is C70H81N27S. The van der Waals surface area contributed by atoms with Crippen molar-refractivity contribution in [3.63, 3.8) is 0 Å². The van der Waals surface area contributed by atoms with Crippen molar-refractivity contribution in [3.05, 3.63) is 246 Å². The molecule has 7 N–H and O–H groups in total. The molecule has 502 valence electrons. The first-order valence-corrected chi connectivity index (χ1v) is 34.0. The summed E-state index contributed by atoms with van der Waals surface area (Å²) < 4.78 is 9.67. The number of aromatic nitrogens is 21. The first-order valence-electron chi connectivity index (χ1n) is 33.1. The van der Waals surface area contributed by atoms with Crippen molar-refractivity contribution in [1.82, 2.24) is 124 Å². The van der Waals surface area contributed by atoms with E-state index in [0.29, 0.717) is 0 Å². The zero-order chi connectivity index (χ0) is 66.4. The average Bonchev–Trinajstić information content (AvgIpc) is 3.83. The minimum absolute atomic E-state index is 0.887. The summed E-state index contributed by atoms with van der Waals surface area (Å²) in [7, 11) is 0. The Morgan fingerprint density at radius 3 is 2.18 bits per heavy atom. The van der Waals surface area contributed by atoms with Crippen molar-refractivity contribution in [2.24, 2.45) is 9.98 Å². The van der Waals surface area contributed by atoms with Gasteiger partial charge in [0, 0.05) is 186 Å². The molecule has 22 rings (SSSR count). The van der Waals surface area contributed by atoms with Crippen molar-refractivity contribution in [2.75, 3.05) is 45.8 Å². The third kappa shape index (κ3) is 19.6. The molecule has 0 saturated heterocycles. The smallest absolute Gasteiger partial charge is 0.160 e. The number of imidazole rings is 4. The number of rotatable bonds is 0. The van der Waals surface area contributed by atoms with E-state index in [-0.39, 0.29) is 0 Å². The Kier molecular flexibility index (Phi) is 24.8. The molecule has 7 aliphatic heterocycles. The number of nitrogens with one attached hydrogen (secondary N) is 7. The van der Waals surface area contributed by atoms with Crippen LogP contribution in [0.5, 0.6) is 0 Å². The van der Waals surface area contributed by atoms with E-state index in [9.17, 15) is 0 Å². The van der Waals surface area contributed by atoms with Crippen LogP contribution in [0.1, 0.15) is 77.4 Å². The molecule has 0 amide bonds. The van der Waals surface area contributed by atoms with Crippen LogP contribution in [-0.2, 0) is 51.7 Å². The predicted octanol–water partition coefficient (Wildman–Crippen LogP) is 8.51. The average molecular weight is 1330 g/mol. The fourth-order valence-electron chi connectivity index (χ4n) is 11.4. The standard InChI is InChI=1S/2C7H10N2.C7H9NS.C7H9N.C6H5N3.2C6H9N3.4C6H5N3/c1-4-9-7-2-3-8-5-6(1)7;1-2-8-4-7-5-9-3-6(1)7;1-2-4-7-6(3-1)8-5-9-7;1-3-7-4-2-6-8(7)5-1;1-3-9-4-2-8-6(9)5-7-1;1-2-7-3-5-4-8-9-6(1)5;2*1-2-7-3-6-5(1)8-4-9-6;1-2-7-5-9-4-3-8-6(1)9;1-2-4-9-5-7-8-6(9)3-1;1-2-4-9-6(3-1)7-5-8-9/h4,8H,1-3,5H2;3,8H,1-2,4-5H2;5H,1-4H2;1,3,5H,2,4,6H2;1-5H;2*4,7H,1-3H2,(H,8,9);1-4H,(H,8,9);3*1-5H. The topological polar surface area (TPSA) is 310 Å². The van der Waals surface area contributed by atoms with Gasteiger partial charge < -0.3 is 40.2 Å². The van der Waals surface area contributed by atoms with Crippen LogP contribution in [0, 0.1) is 0 Å². The lowest BCUT2D eigenvalue weighted by Gasteiger charge is -2.12. The molecular weight excluding hydrogens is 1250 g/mol. The number of aliphatic imine (C=N–C) groups is 2. The Balaban J connectivity index is 0.000000103. The van der Waals surface area contributed by atoms with Gasteiger partial charge in [0.1, 0.15) is 24.6 Å². The molecule has 0 spiro atoms. The Morgan fingerprint density at radius 2 is 1.33 bits per heavy atom.